The van der Waals surface area contributed by atoms with E-state index in [1.807, 2.05) is 0 Å². The topological polar surface area (TPSA) is 116 Å². The first kappa shape index (κ1) is 17.6. The average molecular weight is 308 g/mol. The van der Waals surface area contributed by atoms with E-state index in [1.165, 1.54) is 12.1 Å². The van der Waals surface area contributed by atoms with Crippen LogP contribution in [0.4, 0.5) is 5.69 Å². The van der Waals surface area contributed by atoms with E-state index in [4.69, 9.17) is 10.3 Å². The number of unbranched alkanes of at least 4 members (excludes halogenated alkanes) is 3. The van der Waals surface area contributed by atoms with Crippen molar-refractivity contribution >= 4 is 23.5 Å². The number of hydroxylamine groups is 1. The molecule has 0 heterocycles. The molecule has 7 heteroatoms. The van der Waals surface area contributed by atoms with E-state index in [1.54, 1.807) is 17.6 Å². The molecule has 120 valence electrons. The summed E-state index contributed by atoms with van der Waals surface area (Å²) in [6.07, 6.45) is 3.56. The molecule has 0 fully saturated rings. The number of hydrogen-bond donors (Lipinski definition) is 4. The Balaban J connectivity index is 2.22. The number of benzene rings is 1. The van der Waals surface area contributed by atoms with Gasteiger partial charge < -0.3 is 10.4 Å². The molecule has 0 unspecified atom stereocenters. The van der Waals surface area contributed by atoms with E-state index in [0.717, 1.165) is 12.8 Å². The molecule has 0 aromatic heterocycles. The smallest absolute Gasteiger partial charge is 0.335 e. The molecule has 0 saturated carbocycles. The van der Waals surface area contributed by atoms with Crippen LogP contribution in [0.2, 0.25) is 0 Å². The lowest BCUT2D eigenvalue weighted by molar-refractivity contribution is -0.129. The summed E-state index contributed by atoms with van der Waals surface area (Å²) < 4.78 is 0. The summed E-state index contributed by atoms with van der Waals surface area (Å²) in [6.45, 7) is 0. The van der Waals surface area contributed by atoms with Gasteiger partial charge in [-0.1, -0.05) is 18.9 Å². The number of carboxylic acids is 1. The van der Waals surface area contributed by atoms with Gasteiger partial charge in [0.2, 0.25) is 11.8 Å². The maximum absolute atomic E-state index is 11.7. The van der Waals surface area contributed by atoms with Gasteiger partial charge in [0.05, 0.1) is 5.56 Å². The monoisotopic (exact) mass is 308 g/mol. The van der Waals surface area contributed by atoms with E-state index in [0.29, 0.717) is 24.9 Å². The van der Waals surface area contributed by atoms with Gasteiger partial charge in [0.1, 0.15) is 0 Å². The van der Waals surface area contributed by atoms with Crippen molar-refractivity contribution in [3.8, 4) is 0 Å². The van der Waals surface area contributed by atoms with Crippen LogP contribution in [-0.2, 0) is 9.59 Å². The molecule has 0 radical (unpaired) electrons. The Bertz CT molecular complexity index is 530. The van der Waals surface area contributed by atoms with Gasteiger partial charge in [-0.3, -0.25) is 14.8 Å². The summed E-state index contributed by atoms with van der Waals surface area (Å²) in [5.74, 6) is -1.62. The number of carboxylic acid groups (broad SMARTS) is 1. The minimum absolute atomic E-state index is 0.125. The molecule has 1 aromatic carbocycles. The fraction of sp³-hybridized carbons (Fsp3) is 0.400. The number of rotatable bonds is 9. The number of anilines is 1. The molecule has 7 nitrogen and oxygen atoms in total. The molecule has 0 aliphatic rings. The van der Waals surface area contributed by atoms with E-state index < -0.39 is 11.9 Å². The zero-order chi connectivity index (χ0) is 16.4. The minimum Gasteiger partial charge on any atom is -0.478 e. The first-order valence-corrected chi connectivity index (χ1v) is 7.09. The molecule has 0 aliphatic carbocycles. The predicted octanol–water partition coefficient (Wildman–Crippen LogP) is 2.17. The lowest BCUT2D eigenvalue weighted by Gasteiger charge is -2.06. The molecule has 0 saturated heterocycles. The van der Waals surface area contributed by atoms with Gasteiger partial charge in [-0.25, -0.2) is 10.3 Å². The second-order valence-electron chi connectivity index (χ2n) is 4.88. The van der Waals surface area contributed by atoms with E-state index in [-0.39, 0.29) is 17.9 Å². The number of aromatic carboxylic acids is 1. The predicted molar refractivity (Wildman–Crippen MR) is 79.7 cm³/mol. The Morgan fingerprint density at radius 3 is 2.18 bits per heavy atom. The van der Waals surface area contributed by atoms with Crippen LogP contribution in [0, 0.1) is 0 Å². The first-order valence-electron chi connectivity index (χ1n) is 7.09. The Morgan fingerprint density at radius 2 is 1.59 bits per heavy atom. The van der Waals surface area contributed by atoms with Crippen molar-refractivity contribution in [2.24, 2.45) is 0 Å². The lowest BCUT2D eigenvalue weighted by atomic mass is 10.1. The summed E-state index contributed by atoms with van der Waals surface area (Å²) in [7, 11) is 0. The standard InChI is InChI=1S/C15H20N2O5/c18-13(8-3-1-2-4-9-14(19)17-22)16-12-7-5-6-11(10-12)15(20)21/h5-7,10,22H,1-4,8-9H2,(H,16,18)(H,17,19)(H,20,21). The molecule has 4 N–H and O–H groups in total. The van der Waals surface area contributed by atoms with E-state index in [2.05, 4.69) is 5.32 Å². The molecular formula is C15H20N2O5. The van der Waals surface area contributed by atoms with Crippen molar-refractivity contribution in [1.29, 1.82) is 0 Å². The Morgan fingerprint density at radius 1 is 0.955 bits per heavy atom. The van der Waals surface area contributed by atoms with Gasteiger partial charge in [-0.2, -0.15) is 0 Å². The molecule has 0 bridgehead atoms. The second-order valence-corrected chi connectivity index (χ2v) is 4.88. The second kappa shape index (κ2) is 9.51. The van der Waals surface area contributed by atoms with Crippen LogP contribution in [0.25, 0.3) is 0 Å². The van der Waals surface area contributed by atoms with Gasteiger partial charge in [0.15, 0.2) is 0 Å². The van der Waals surface area contributed by atoms with Crippen LogP contribution in [0.5, 0.6) is 0 Å². The Labute approximate surface area is 128 Å². The lowest BCUT2D eigenvalue weighted by Crippen LogP contribution is -2.17. The third kappa shape index (κ3) is 6.85. The van der Waals surface area contributed by atoms with Crippen molar-refractivity contribution in [3.63, 3.8) is 0 Å². The summed E-state index contributed by atoms with van der Waals surface area (Å²) in [5.41, 5.74) is 2.16. The maximum Gasteiger partial charge on any atom is 0.335 e. The average Bonchev–Trinajstić information content (AvgIpc) is 2.50. The summed E-state index contributed by atoms with van der Waals surface area (Å²) in [5, 5.41) is 19.8. The van der Waals surface area contributed by atoms with Crippen molar-refractivity contribution in [2.45, 2.75) is 38.5 Å². The summed E-state index contributed by atoms with van der Waals surface area (Å²) in [4.78, 5) is 33.3. The number of carbonyl (C=O) groups excluding carboxylic acids is 2. The van der Waals surface area contributed by atoms with Crippen LogP contribution in [0.1, 0.15) is 48.9 Å². The van der Waals surface area contributed by atoms with Crippen LogP contribution in [0.15, 0.2) is 24.3 Å². The highest BCUT2D eigenvalue weighted by molar-refractivity contribution is 5.93. The van der Waals surface area contributed by atoms with E-state index in [9.17, 15) is 14.4 Å². The van der Waals surface area contributed by atoms with Gasteiger partial charge in [-0.15, -0.1) is 0 Å². The van der Waals surface area contributed by atoms with Gasteiger partial charge >= 0.3 is 5.97 Å². The van der Waals surface area contributed by atoms with Gasteiger partial charge in [0.25, 0.3) is 0 Å². The fourth-order valence-electron chi connectivity index (χ4n) is 1.93. The van der Waals surface area contributed by atoms with Crippen molar-refractivity contribution in [2.75, 3.05) is 5.32 Å². The van der Waals surface area contributed by atoms with Crippen LogP contribution < -0.4 is 10.8 Å². The normalized spacial score (nSPS) is 10.0. The number of carbonyl (C=O) groups is 3. The van der Waals surface area contributed by atoms with E-state index >= 15 is 0 Å². The third-order valence-electron chi connectivity index (χ3n) is 3.08. The highest BCUT2D eigenvalue weighted by atomic mass is 16.5. The molecule has 1 aromatic rings. The highest BCUT2D eigenvalue weighted by Gasteiger charge is 2.06. The SMILES string of the molecule is O=C(CCCCCCC(=O)Nc1cccc(C(=O)O)c1)NO. The molecule has 0 atom stereocenters. The quantitative estimate of drug-likeness (QED) is 0.317. The summed E-state index contributed by atoms with van der Waals surface area (Å²) >= 11 is 0. The first-order chi connectivity index (χ1) is 10.5. The maximum atomic E-state index is 11.7. The number of hydrogen-bond acceptors (Lipinski definition) is 4. The van der Waals surface area contributed by atoms with Crippen molar-refractivity contribution in [3.05, 3.63) is 29.8 Å². The number of nitrogens with one attached hydrogen (secondary N) is 2. The molecular weight excluding hydrogens is 288 g/mol. The fourth-order valence-corrected chi connectivity index (χ4v) is 1.93. The highest BCUT2D eigenvalue weighted by Crippen LogP contribution is 2.12. The largest absolute Gasteiger partial charge is 0.478 e. The molecule has 0 spiro atoms. The van der Waals surface area contributed by atoms with Crippen LogP contribution in [-0.4, -0.2) is 28.1 Å². The third-order valence-corrected chi connectivity index (χ3v) is 3.08. The molecule has 0 aliphatic heterocycles. The molecule has 1 rings (SSSR count). The zero-order valence-corrected chi connectivity index (χ0v) is 12.2. The van der Waals surface area contributed by atoms with Crippen molar-refractivity contribution in [1.82, 2.24) is 5.48 Å². The zero-order valence-electron chi connectivity index (χ0n) is 12.2. The van der Waals surface area contributed by atoms with Crippen LogP contribution >= 0.6 is 0 Å². The molecule has 22 heavy (non-hydrogen) atoms. The Hall–Kier alpha value is -2.41. The number of amides is 2. The Kier molecular flexibility index (Phi) is 7.63. The van der Waals surface area contributed by atoms with Gasteiger partial charge in [-0.05, 0) is 31.0 Å². The molecule has 2 amide bonds. The van der Waals surface area contributed by atoms with Crippen LogP contribution in [0.3, 0.4) is 0 Å². The van der Waals surface area contributed by atoms with Gasteiger partial charge in [0, 0.05) is 18.5 Å². The minimum atomic E-state index is -1.04. The summed E-state index contributed by atoms with van der Waals surface area (Å²) in [6, 6.07) is 6.08. The van der Waals surface area contributed by atoms with Crippen molar-refractivity contribution < 1.29 is 24.7 Å².